The smallest absolute Gasteiger partial charge is 0.262 e. The van der Waals surface area contributed by atoms with E-state index in [9.17, 15) is 17.2 Å². The van der Waals surface area contributed by atoms with Crippen molar-refractivity contribution in [1.82, 2.24) is 9.78 Å². The summed E-state index contributed by atoms with van der Waals surface area (Å²) in [4.78, 5) is 4.03. The van der Waals surface area contributed by atoms with E-state index in [4.69, 9.17) is 4.74 Å². The number of nitrogens with zero attached hydrogens (tertiary/aromatic N) is 3. The van der Waals surface area contributed by atoms with Gasteiger partial charge in [0.25, 0.3) is 10.0 Å². The van der Waals surface area contributed by atoms with Gasteiger partial charge in [-0.05, 0) is 55.8 Å². The Bertz CT molecular complexity index is 1340. The number of anilines is 1. The SMILES string of the molecule is CC(C)OCCn1cc(/C=C/C2=NCc3ccc(NS(=O)(=O)c4cc(F)cc(F)c4)cc32)cn1. The summed E-state index contributed by atoms with van der Waals surface area (Å²) in [5.74, 6) is -1.94. The van der Waals surface area contributed by atoms with Crippen LogP contribution in [0.4, 0.5) is 14.5 Å². The summed E-state index contributed by atoms with van der Waals surface area (Å²) >= 11 is 0. The Morgan fingerprint density at radius 2 is 1.91 bits per heavy atom. The zero-order chi connectivity index (χ0) is 24.3. The second-order valence-electron chi connectivity index (χ2n) is 8.07. The van der Waals surface area contributed by atoms with Crippen LogP contribution < -0.4 is 4.72 Å². The zero-order valence-electron chi connectivity index (χ0n) is 18.7. The van der Waals surface area contributed by atoms with Crippen molar-refractivity contribution in [3.8, 4) is 0 Å². The van der Waals surface area contributed by atoms with Crippen molar-refractivity contribution in [3.05, 3.63) is 83.2 Å². The van der Waals surface area contributed by atoms with E-state index in [0.717, 1.165) is 28.8 Å². The van der Waals surface area contributed by atoms with E-state index < -0.39 is 26.6 Å². The molecule has 1 aliphatic rings. The van der Waals surface area contributed by atoms with Crippen LogP contribution >= 0.6 is 0 Å². The van der Waals surface area contributed by atoms with Gasteiger partial charge in [-0.15, -0.1) is 0 Å². The molecule has 0 spiro atoms. The first kappa shape index (κ1) is 23.8. The van der Waals surface area contributed by atoms with Crippen molar-refractivity contribution in [2.75, 3.05) is 11.3 Å². The zero-order valence-corrected chi connectivity index (χ0v) is 19.5. The van der Waals surface area contributed by atoms with Crippen molar-refractivity contribution in [1.29, 1.82) is 0 Å². The normalized spacial score (nSPS) is 13.5. The molecular formula is C24H24F2N4O3S. The summed E-state index contributed by atoms with van der Waals surface area (Å²) < 4.78 is 61.9. The predicted molar refractivity (Wildman–Crippen MR) is 126 cm³/mol. The van der Waals surface area contributed by atoms with Crippen molar-refractivity contribution in [3.63, 3.8) is 0 Å². The van der Waals surface area contributed by atoms with Gasteiger partial charge in [0.1, 0.15) is 11.6 Å². The molecule has 1 aliphatic heterocycles. The van der Waals surface area contributed by atoms with Crippen molar-refractivity contribution in [2.45, 2.75) is 37.9 Å². The lowest BCUT2D eigenvalue weighted by Gasteiger charge is -2.10. The second kappa shape index (κ2) is 9.86. The largest absolute Gasteiger partial charge is 0.377 e. The molecule has 3 aromatic rings. The third-order valence-electron chi connectivity index (χ3n) is 5.06. The summed E-state index contributed by atoms with van der Waals surface area (Å²) in [7, 11) is -4.17. The molecular weight excluding hydrogens is 462 g/mol. The van der Waals surface area contributed by atoms with Gasteiger partial charge in [-0.1, -0.05) is 6.07 Å². The van der Waals surface area contributed by atoms with Gasteiger partial charge < -0.3 is 4.74 Å². The molecule has 0 bridgehead atoms. The summed E-state index contributed by atoms with van der Waals surface area (Å²) in [6, 6.07) is 7.18. The number of aliphatic imine (C=N–C) groups is 1. The number of hydrogen-bond donors (Lipinski definition) is 1. The summed E-state index contributed by atoms with van der Waals surface area (Å²) in [5, 5.41) is 4.31. The maximum Gasteiger partial charge on any atom is 0.262 e. The van der Waals surface area contributed by atoms with Crippen LogP contribution in [0, 0.1) is 11.6 Å². The molecule has 0 aliphatic carbocycles. The Morgan fingerprint density at radius 3 is 2.65 bits per heavy atom. The highest BCUT2D eigenvalue weighted by Gasteiger charge is 2.19. The van der Waals surface area contributed by atoms with Crippen LogP contribution in [0.15, 0.2) is 64.8 Å². The standard InChI is InChI=1S/C24H24F2N4O3S/c1-16(2)33-8-7-30-15-17(13-28-30)3-6-24-23-12-21(5-4-18(23)14-27-24)29-34(31,32)22-10-19(25)9-20(26)11-22/h3-6,9-13,15-16,29H,7-8,14H2,1-2H3/b6-3+. The summed E-state index contributed by atoms with van der Waals surface area (Å²) in [5.41, 5.74) is 3.58. The molecule has 2 heterocycles. The predicted octanol–water partition coefficient (Wildman–Crippen LogP) is 4.40. The fourth-order valence-electron chi connectivity index (χ4n) is 3.46. The van der Waals surface area contributed by atoms with E-state index in [0.29, 0.717) is 31.5 Å². The number of fused-ring (bicyclic) bond motifs is 1. The van der Waals surface area contributed by atoms with Crippen molar-refractivity contribution in [2.24, 2.45) is 4.99 Å². The number of rotatable bonds is 9. The van der Waals surface area contributed by atoms with E-state index in [1.165, 1.54) is 0 Å². The third kappa shape index (κ3) is 5.75. The van der Waals surface area contributed by atoms with Crippen LogP contribution in [-0.4, -0.2) is 36.6 Å². The van der Waals surface area contributed by atoms with Gasteiger partial charge in [-0.25, -0.2) is 17.2 Å². The van der Waals surface area contributed by atoms with Gasteiger partial charge >= 0.3 is 0 Å². The second-order valence-corrected chi connectivity index (χ2v) is 9.76. The molecule has 0 fully saturated rings. The Balaban J connectivity index is 1.47. The number of aromatic nitrogens is 2. The van der Waals surface area contributed by atoms with Gasteiger partial charge in [-0.3, -0.25) is 14.4 Å². The van der Waals surface area contributed by atoms with Crippen LogP contribution in [0.1, 0.15) is 30.5 Å². The van der Waals surface area contributed by atoms with E-state index in [1.54, 1.807) is 29.1 Å². The third-order valence-corrected chi connectivity index (χ3v) is 6.42. The molecule has 0 unspecified atom stereocenters. The lowest BCUT2D eigenvalue weighted by Crippen LogP contribution is -2.14. The molecule has 0 amide bonds. The molecule has 2 aromatic carbocycles. The monoisotopic (exact) mass is 486 g/mol. The molecule has 178 valence electrons. The number of allylic oxidation sites excluding steroid dienone is 1. The van der Waals surface area contributed by atoms with Gasteiger partial charge in [0.15, 0.2) is 0 Å². The first-order valence-corrected chi connectivity index (χ1v) is 12.2. The molecule has 0 saturated carbocycles. The molecule has 7 nitrogen and oxygen atoms in total. The maximum absolute atomic E-state index is 13.5. The number of nitrogens with one attached hydrogen (secondary N) is 1. The van der Waals surface area contributed by atoms with E-state index in [-0.39, 0.29) is 11.8 Å². The molecule has 10 heteroatoms. The first-order chi connectivity index (χ1) is 16.2. The summed E-state index contributed by atoms with van der Waals surface area (Å²) in [6.07, 6.45) is 7.54. The molecule has 4 rings (SSSR count). The van der Waals surface area contributed by atoms with Gasteiger partial charge in [0, 0.05) is 29.1 Å². The number of halogens is 2. The highest BCUT2D eigenvalue weighted by atomic mass is 32.2. The fourth-order valence-corrected chi connectivity index (χ4v) is 4.55. The lowest BCUT2D eigenvalue weighted by molar-refractivity contribution is 0.0710. The number of ether oxygens (including phenoxy) is 1. The van der Waals surface area contributed by atoms with Crippen LogP contribution in [0.2, 0.25) is 0 Å². The van der Waals surface area contributed by atoms with Gasteiger partial charge in [0.05, 0.1) is 42.6 Å². The van der Waals surface area contributed by atoms with Crippen molar-refractivity contribution >= 4 is 27.5 Å². The number of hydrogen-bond acceptors (Lipinski definition) is 5. The minimum absolute atomic E-state index is 0.166. The Labute approximate surface area is 196 Å². The molecule has 0 saturated heterocycles. The lowest BCUT2D eigenvalue weighted by atomic mass is 10.0. The van der Waals surface area contributed by atoms with E-state index in [1.807, 2.05) is 32.2 Å². The van der Waals surface area contributed by atoms with E-state index in [2.05, 4.69) is 14.8 Å². The topological polar surface area (TPSA) is 85.6 Å². The maximum atomic E-state index is 13.5. The Morgan fingerprint density at radius 1 is 1.15 bits per heavy atom. The number of sulfonamides is 1. The van der Waals surface area contributed by atoms with Gasteiger partial charge in [-0.2, -0.15) is 5.10 Å². The first-order valence-electron chi connectivity index (χ1n) is 10.7. The highest BCUT2D eigenvalue weighted by molar-refractivity contribution is 7.92. The van der Waals surface area contributed by atoms with Crippen LogP contribution in [0.5, 0.6) is 0 Å². The molecule has 1 aromatic heterocycles. The van der Waals surface area contributed by atoms with Gasteiger partial charge in [0.2, 0.25) is 0 Å². The van der Waals surface area contributed by atoms with Crippen molar-refractivity contribution < 1.29 is 21.9 Å². The van der Waals surface area contributed by atoms with Crippen LogP contribution in [0.3, 0.4) is 0 Å². The Kier molecular flexibility index (Phi) is 6.90. The quantitative estimate of drug-likeness (QED) is 0.486. The minimum Gasteiger partial charge on any atom is -0.377 e. The molecule has 0 atom stereocenters. The molecule has 0 radical (unpaired) electrons. The summed E-state index contributed by atoms with van der Waals surface area (Å²) in [6.45, 7) is 5.66. The van der Waals surface area contributed by atoms with Crippen LogP contribution in [-0.2, 0) is 27.8 Å². The van der Waals surface area contributed by atoms with E-state index >= 15 is 0 Å². The average Bonchev–Trinajstić information content (AvgIpc) is 3.37. The molecule has 1 N–H and O–H groups in total. The highest BCUT2D eigenvalue weighted by Crippen LogP contribution is 2.26. The minimum atomic E-state index is -4.17. The fraction of sp³-hybridized carbons (Fsp3) is 0.250. The average molecular weight is 487 g/mol. The molecule has 34 heavy (non-hydrogen) atoms. The van der Waals surface area contributed by atoms with Crippen LogP contribution in [0.25, 0.3) is 6.08 Å². The Hall–Kier alpha value is -3.37. The number of benzene rings is 2.